The highest BCUT2D eigenvalue weighted by molar-refractivity contribution is 7.99. The second kappa shape index (κ2) is 7.79. The summed E-state index contributed by atoms with van der Waals surface area (Å²) in [6, 6.07) is 7.51. The van der Waals surface area contributed by atoms with Crippen molar-refractivity contribution in [3.8, 4) is 0 Å². The number of carbonyl (C=O) groups excluding carboxylic acids is 1. The number of aryl methyl sites for hydroxylation is 2. The summed E-state index contributed by atoms with van der Waals surface area (Å²) in [6.07, 6.45) is 0. The molecule has 0 bridgehead atoms. The first-order valence-corrected chi connectivity index (χ1v) is 8.66. The first kappa shape index (κ1) is 17.8. The molecule has 6 heteroatoms. The Morgan fingerprint density at radius 1 is 1.13 bits per heavy atom. The molecule has 0 aliphatic heterocycles. The van der Waals surface area contributed by atoms with Gasteiger partial charge in [-0.25, -0.2) is 9.97 Å². The molecule has 0 N–H and O–H groups in total. The zero-order chi connectivity index (χ0) is 17.0. The van der Waals surface area contributed by atoms with Crippen molar-refractivity contribution in [3.63, 3.8) is 0 Å². The Bertz CT molecular complexity index is 680. The van der Waals surface area contributed by atoms with Gasteiger partial charge in [-0.15, -0.1) is 0 Å². The zero-order valence-corrected chi connectivity index (χ0v) is 15.3. The fourth-order valence-corrected chi connectivity index (χ4v) is 3.00. The third kappa shape index (κ3) is 4.94. The molecule has 2 rings (SSSR count). The van der Waals surface area contributed by atoms with Crippen LogP contribution >= 0.6 is 23.4 Å². The maximum absolute atomic E-state index is 12.2. The quantitative estimate of drug-likeness (QED) is 0.608. The van der Waals surface area contributed by atoms with Gasteiger partial charge in [-0.1, -0.05) is 35.5 Å². The van der Waals surface area contributed by atoms with Crippen LogP contribution in [0.1, 0.15) is 22.5 Å². The molecule has 1 aromatic carbocycles. The van der Waals surface area contributed by atoms with Crippen LogP contribution in [0.4, 0.5) is 0 Å². The molecule has 1 aromatic heterocycles. The van der Waals surface area contributed by atoms with Crippen LogP contribution in [0.15, 0.2) is 29.4 Å². The van der Waals surface area contributed by atoms with E-state index in [1.807, 2.05) is 45.0 Å². The average Bonchev–Trinajstić information content (AvgIpc) is 2.52. The molecule has 0 saturated heterocycles. The van der Waals surface area contributed by atoms with Crippen LogP contribution < -0.4 is 0 Å². The Hall–Kier alpha value is -1.59. The predicted octanol–water partition coefficient (Wildman–Crippen LogP) is 3.81. The third-order valence-electron chi connectivity index (χ3n) is 3.70. The Kier molecular flexibility index (Phi) is 6.02. The van der Waals surface area contributed by atoms with Crippen LogP contribution in [0.2, 0.25) is 5.02 Å². The van der Waals surface area contributed by atoms with E-state index < -0.39 is 0 Å². The maximum Gasteiger partial charge on any atom is 0.233 e. The number of carbonyl (C=O) groups is 1. The summed E-state index contributed by atoms with van der Waals surface area (Å²) in [6.45, 7) is 6.48. The lowest BCUT2D eigenvalue weighted by molar-refractivity contribution is -0.127. The van der Waals surface area contributed by atoms with Gasteiger partial charge in [0.1, 0.15) is 0 Å². The Morgan fingerprint density at radius 2 is 1.70 bits per heavy atom. The normalized spacial score (nSPS) is 10.7. The molecular formula is C17H20ClN3OS. The highest BCUT2D eigenvalue weighted by atomic mass is 35.5. The van der Waals surface area contributed by atoms with Gasteiger partial charge >= 0.3 is 0 Å². The van der Waals surface area contributed by atoms with Crippen LogP contribution in [-0.2, 0) is 11.3 Å². The molecule has 23 heavy (non-hydrogen) atoms. The largest absolute Gasteiger partial charge is 0.341 e. The summed E-state index contributed by atoms with van der Waals surface area (Å²) in [7, 11) is 1.80. The molecule has 0 atom stereocenters. The minimum absolute atomic E-state index is 0.0458. The van der Waals surface area contributed by atoms with Crippen molar-refractivity contribution < 1.29 is 4.79 Å². The second-order valence-electron chi connectivity index (χ2n) is 5.47. The van der Waals surface area contributed by atoms with Gasteiger partial charge in [-0.2, -0.15) is 0 Å². The summed E-state index contributed by atoms with van der Waals surface area (Å²) in [5, 5.41) is 1.35. The molecule has 0 aliphatic carbocycles. The molecular weight excluding hydrogens is 330 g/mol. The molecule has 2 aromatic rings. The van der Waals surface area contributed by atoms with Crippen LogP contribution in [0.5, 0.6) is 0 Å². The van der Waals surface area contributed by atoms with Gasteiger partial charge in [-0.05, 0) is 44.0 Å². The number of benzene rings is 1. The Morgan fingerprint density at radius 3 is 2.26 bits per heavy atom. The SMILES string of the molecule is Cc1nc(SCC(=O)N(C)Cc2ccc(Cl)cc2)nc(C)c1C. The Balaban J connectivity index is 1.92. The summed E-state index contributed by atoms with van der Waals surface area (Å²) >= 11 is 7.24. The topological polar surface area (TPSA) is 46.1 Å². The number of rotatable bonds is 5. The molecule has 0 spiro atoms. The zero-order valence-electron chi connectivity index (χ0n) is 13.8. The predicted molar refractivity (Wildman–Crippen MR) is 94.9 cm³/mol. The lowest BCUT2D eigenvalue weighted by Crippen LogP contribution is -2.27. The molecule has 0 radical (unpaired) electrons. The van der Waals surface area contributed by atoms with Gasteiger partial charge in [0.2, 0.25) is 5.91 Å². The van der Waals surface area contributed by atoms with Crippen LogP contribution in [0, 0.1) is 20.8 Å². The lowest BCUT2D eigenvalue weighted by atomic mass is 10.2. The van der Waals surface area contributed by atoms with Gasteiger partial charge in [0.05, 0.1) is 5.75 Å². The van der Waals surface area contributed by atoms with Gasteiger partial charge in [0.25, 0.3) is 0 Å². The van der Waals surface area contributed by atoms with Gasteiger partial charge in [-0.3, -0.25) is 4.79 Å². The maximum atomic E-state index is 12.2. The van der Waals surface area contributed by atoms with Crippen molar-refractivity contribution in [1.82, 2.24) is 14.9 Å². The van der Waals surface area contributed by atoms with E-state index in [1.54, 1.807) is 11.9 Å². The number of amides is 1. The molecule has 1 heterocycles. The van der Waals surface area contributed by atoms with Crippen LogP contribution in [0.25, 0.3) is 0 Å². The van der Waals surface area contributed by atoms with E-state index in [0.717, 1.165) is 22.5 Å². The average molecular weight is 350 g/mol. The molecule has 0 unspecified atom stereocenters. The number of nitrogens with zero attached hydrogens (tertiary/aromatic N) is 3. The van der Waals surface area contributed by atoms with Gasteiger partial charge in [0, 0.05) is 30.0 Å². The fourth-order valence-electron chi connectivity index (χ4n) is 1.99. The van der Waals surface area contributed by atoms with Crippen molar-refractivity contribution in [2.45, 2.75) is 32.5 Å². The van der Waals surface area contributed by atoms with Crippen molar-refractivity contribution in [3.05, 3.63) is 51.8 Å². The van der Waals surface area contributed by atoms with E-state index in [2.05, 4.69) is 9.97 Å². The van der Waals surface area contributed by atoms with Crippen molar-refractivity contribution in [2.24, 2.45) is 0 Å². The molecule has 0 aliphatic rings. The Labute approximate surface area is 146 Å². The number of aromatic nitrogens is 2. The van der Waals surface area contributed by atoms with Crippen molar-refractivity contribution in [1.29, 1.82) is 0 Å². The summed E-state index contributed by atoms with van der Waals surface area (Å²) in [5.41, 5.74) is 4.07. The highest BCUT2D eigenvalue weighted by Crippen LogP contribution is 2.18. The standard InChI is InChI=1S/C17H20ClN3OS/c1-11-12(2)19-17(20-13(11)3)23-10-16(22)21(4)9-14-5-7-15(18)8-6-14/h5-8H,9-10H2,1-4H3. The van der Waals surface area contributed by atoms with E-state index in [0.29, 0.717) is 22.5 Å². The number of hydrogen-bond acceptors (Lipinski definition) is 4. The van der Waals surface area contributed by atoms with Gasteiger partial charge in [0.15, 0.2) is 5.16 Å². The van der Waals surface area contributed by atoms with E-state index in [9.17, 15) is 4.79 Å². The third-order valence-corrected chi connectivity index (χ3v) is 4.78. The summed E-state index contributed by atoms with van der Waals surface area (Å²) in [4.78, 5) is 22.8. The summed E-state index contributed by atoms with van der Waals surface area (Å²) < 4.78 is 0. The highest BCUT2D eigenvalue weighted by Gasteiger charge is 2.12. The fraction of sp³-hybridized carbons (Fsp3) is 0.353. The van der Waals surface area contributed by atoms with E-state index in [4.69, 9.17) is 11.6 Å². The summed E-state index contributed by atoms with van der Waals surface area (Å²) in [5.74, 6) is 0.371. The number of hydrogen-bond donors (Lipinski definition) is 0. The van der Waals surface area contributed by atoms with Crippen LogP contribution in [0.3, 0.4) is 0 Å². The van der Waals surface area contributed by atoms with Crippen molar-refractivity contribution >= 4 is 29.3 Å². The first-order chi connectivity index (χ1) is 10.9. The van der Waals surface area contributed by atoms with E-state index in [1.165, 1.54) is 11.8 Å². The molecule has 1 amide bonds. The molecule has 0 saturated carbocycles. The minimum atomic E-state index is 0.0458. The monoisotopic (exact) mass is 349 g/mol. The molecule has 4 nitrogen and oxygen atoms in total. The second-order valence-corrected chi connectivity index (χ2v) is 6.85. The first-order valence-electron chi connectivity index (χ1n) is 7.30. The smallest absolute Gasteiger partial charge is 0.233 e. The number of thioether (sulfide) groups is 1. The minimum Gasteiger partial charge on any atom is -0.341 e. The van der Waals surface area contributed by atoms with Gasteiger partial charge < -0.3 is 4.90 Å². The van der Waals surface area contributed by atoms with Crippen molar-refractivity contribution in [2.75, 3.05) is 12.8 Å². The molecule has 0 fully saturated rings. The van der Waals surface area contributed by atoms with E-state index >= 15 is 0 Å². The lowest BCUT2D eigenvalue weighted by Gasteiger charge is -2.17. The van der Waals surface area contributed by atoms with Crippen LogP contribution in [-0.4, -0.2) is 33.6 Å². The number of halogens is 1. The van der Waals surface area contributed by atoms with E-state index in [-0.39, 0.29) is 5.91 Å². The molecule has 122 valence electrons.